The van der Waals surface area contributed by atoms with Gasteiger partial charge in [0.1, 0.15) is 0 Å². The van der Waals surface area contributed by atoms with Crippen molar-refractivity contribution in [1.82, 2.24) is 0 Å². The zero-order chi connectivity index (χ0) is 15.2. The minimum absolute atomic E-state index is 0.862. The summed E-state index contributed by atoms with van der Waals surface area (Å²) in [5, 5.41) is 0.862. The van der Waals surface area contributed by atoms with Gasteiger partial charge in [0, 0.05) is 16.5 Å². The number of halogens is 1. The van der Waals surface area contributed by atoms with Gasteiger partial charge in [-0.25, -0.2) is 4.99 Å². The smallest absolute Gasteiger partial charge is 0.0781 e. The summed E-state index contributed by atoms with van der Waals surface area (Å²) in [6.45, 7) is 0. The molecule has 3 rings (SSSR count). The van der Waals surface area contributed by atoms with Gasteiger partial charge in [-0.15, -0.1) is 0 Å². The van der Waals surface area contributed by atoms with Crippen LogP contribution in [0.25, 0.3) is 0 Å². The van der Waals surface area contributed by atoms with Gasteiger partial charge in [0.05, 0.1) is 11.4 Å². The Morgan fingerprint density at radius 1 is 0.682 bits per heavy atom. The Morgan fingerprint density at radius 2 is 1.18 bits per heavy atom. The van der Waals surface area contributed by atoms with Gasteiger partial charge in [-0.3, -0.25) is 0 Å². The van der Waals surface area contributed by atoms with Crippen molar-refractivity contribution in [3.63, 3.8) is 0 Å². The van der Waals surface area contributed by atoms with Crippen LogP contribution in [0, 0.1) is 0 Å². The van der Waals surface area contributed by atoms with Gasteiger partial charge in [0.2, 0.25) is 0 Å². The first-order valence-corrected chi connectivity index (χ1v) is 8.33. The number of benzene rings is 3. The second-order valence-electron chi connectivity index (χ2n) is 4.99. The summed E-state index contributed by atoms with van der Waals surface area (Å²) >= 11 is 3.47. The molecule has 0 bridgehead atoms. The quantitative estimate of drug-likeness (QED) is 0.420. The summed E-state index contributed by atoms with van der Waals surface area (Å²) in [6, 6.07) is 28.9. The van der Waals surface area contributed by atoms with Crippen molar-refractivity contribution < 1.29 is 0 Å². The van der Waals surface area contributed by atoms with Gasteiger partial charge in [-0.2, -0.15) is 0 Å². The summed E-state index contributed by atoms with van der Waals surface area (Å²) < 4.78 is 0. The minimum atomic E-state index is 0.862. The Hall–Kier alpha value is -2.19. The molecule has 0 fully saturated rings. The number of rotatable bonds is 4. The van der Waals surface area contributed by atoms with Crippen LogP contribution in [0.4, 0.5) is 5.69 Å². The van der Waals surface area contributed by atoms with Gasteiger partial charge in [0.15, 0.2) is 0 Å². The van der Waals surface area contributed by atoms with E-state index in [0.717, 1.165) is 27.9 Å². The molecule has 108 valence electrons. The molecule has 0 aromatic heterocycles. The van der Waals surface area contributed by atoms with Crippen LogP contribution in [-0.4, -0.2) is 5.71 Å². The summed E-state index contributed by atoms with van der Waals surface area (Å²) in [4.78, 5) is 4.88. The topological polar surface area (TPSA) is 12.4 Å². The number of alkyl halides is 1. The number of aliphatic imine (C=N–C) groups is 1. The fourth-order valence-corrected chi connectivity index (χ4v) is 2.65. The summed E-state index contributed by atoms with van der Waals surface area (Å²) in [5.41, 5.74) is 5.46. The second kappa shape index (κ2) is 7.19. The molecule has 0 radical (unpaired) electrons. The Morgan fingerprint density at radius 3 is 1.64 bits per heavy atom. The van der Waals surface area contributed by atoms with Crippen molar-refractivity contribution in [1.29, 1.82) is 0 Å². The molecule has 0 amide bonds. The molecule has 22 heavy (non-hydrogen) atoms. The van der Waals surface area contributed by atoms with E-state index in [1.54, 1.807) is 0 Å². The SMILES string of the molecule is BrCc1ccc(N=C(c2ccccc2)c2ccccc2)cc1. The molecule has 3 aromatic rings. The van der Waals surface area contributed by atoms with Gasteiger partial charge in [-0.1, -0.05) is 88.7 Å². The van der Waals surface area contributed by atoms with Crippen LogP contribution in [-0.2, 0) is 5.33 Å². The first-order valence-electron chi connectivity index (χ1n) is 7.21. The highest BCUT2D eigenvalue weighted by molar-refractivity contribution is 9.08. The average Bonchev–Trinajstić information content (AvgIpc) is 2.62. The van der Waals surface area contributed by atoms with E-state index in [1.807, 2.05) is 36.4 Å². The zero-order valence-corrected chi connectivity index (χ0v) is 13.7. The van der Waals surface area contributed by atoms with Crippen molar-refractivity contribution in [3.05, 3.63) is 102 Å². The van der Waals surface area contributed by atoms with E-state index in [-0.39, 0.29) is 0 Å². The second-order valence-corrected chi connectivity index (χ2v) is 5.55. The molecule has 0 saturated heterocycles. The van der Waals surface area contributed by atoms with Crippen LogP contribution >= 0.6 is 15.9 Å². The molecule has 0 aliphatic heterocycles. The van der Waals surface area contributed by atoms with Crippen molar-refractivity contribution in [2.45, 2.75) is 5.33 Å². The molecule has 3 aromatic carbocycles. The molecular weight excluding hydrogens is 334 g/mol. The normalized spacial score (nSPS) is 10.2. The van der Waals surface area contributed by atoms with Crippen molar-refractivity contribution >= 4 is 27.3 Å². The lowest BCUT2D eigenvalue weighted by molar-refractivity contribution is 1.40. The highest BCUT2D eigenvalue weighted by Crippen LogP contribution is 2.19. The van der Waals surface area contributed by atoms with Crippen LogP contribution in [0.2, 0.25) is 0 Å². The highest BCUT2D eigenvalue weighted by atomic mass is 79.9. The van der Waals surface area contributed by atoms with E-state index in [0.29, 0.717) is 0 Å². The predicted molar refractivity (Wildman–Crippen MR) is 97.3 cm³/mol. The molecule has 0 N–H and O–H groups in total. The molecule has 0 heterocycles. The van der Waals surface area contributed by atoms with Crippen LogP contribution in [0.1, 0.15) is 16.7 Å². The number of hydrogen-bond donors (Lipinski definition) is 0. The summed E-state index contributed by atoms with van der Waals surface area (Å²) in [5.74, 6) is 0. The van der Waals surface area contributed by atoms with E-state index in [1.165, 1.54) is 5.56 Å². The highest BCUT2D eigenvalue weighted by Gasteiger charge is 2.06. The maximum absolute atomic E-state index is 4.88. The third-order valence-corrected chi connectivity index (χ3v) is 4.07. The Bertz CT molecular complexity index is 705. The van der Waals surface area contributed by atoms with Crippen LogP contribution in [0.5, 0.6) is 0 Å². The Balaban J connectivity index is 2.06. The Kier molecular flexibility index (Phi) is 4.81. The Labute approximate surface area is 139 Å². The summed E-state index contributed by atoms with van der Waals surface area (Å²) in [6.07, 6.45) is 0. The molecule has 2 heteroatoms. The van der Waals surface area contributed by atoms with Crippen LogP contribution in [0.15, 0.2) is 89.9 Å². The number of hydrogen-bond acceptors (Lipinski definition) is 1. The summed E-state index contributed by atoms with van der Waals surface area (Å²) in [7, 11) is 0. The van der Waals surface area contributed by atoms with Gasteiger partial charge >= 0.3 is 0 Å². The molecule has 0 saturated carbocycles. The largest absolute Gasteiger partial charge is 0.248 e. The maximum atomic E-state index is 4.88. The zero-order valence-electron chi connectivity index (χ0n) is 12.1. The average molecular weight is 350 g/mol. The lowest BCUT2D eigenvalue weighted by Gasteiger charge is -2.08. The van der Waals surface area contributed by atoms with Crippen molar-refractivity contribution in [2.75, 3.05) is 0 Å². The third-order valence-electron chi connectivity index (χ3n) is 3.43. The number of nitrogens with zero attached hydrogens (tertiary/aromatic N) is 1. The first-order chi connectivity index (χ1) is 10.9. The van der Waals surface area contributed by atoms with Crippen molar-refractivity contribution in [2.24, 2.45) is 4.99 Å². The fourth-order valence-electron chi connectivity index (χ4n) is 2.28. The van der Waals surface area contributed by atoms with E-state index >= 15 is 0 Å². The lowest BCUT2D eigenvalue weighted by atomic mass is 10.0. The van der Waals surface area contributed by atoms with E-state index in [9.17, 15) is 0 Å². The fraction of sp³-hybridized carbons (Fsp3) is 0.0500. The van der Waals surface area contributed by atoms with Gasteiger partial charge < -0.3 is 0 Å². The molecule has 0 aliphatic rings. The van der Waals surface area contributed by atoms with E-state index in [2.05, 4.69) is 64.5 Å². The first kappa shape index (κ1) is 14.7. The van der Waals surface area contributed by atoms with E-state index < -0.39 is 0 Å². The predicted octanol–water partition coefficient (Wildman–Crippen LogP) is 5.75. The van der Waals surface area contributed by atoms with Gasteiger partial charge in [0.25, 0.3) is 0 Å². The maximum Gasteiger partial charge on any atom is 0.0781 e. The lowest BCUT2D eigenvalue weighted by Crippen LogP contribution is -2.02. The van der Waals surface area contributed by atoms with Crippen LogP contribution in [0.3, 0.4) is 0 Å². The molecule has 0 aliphatic carbocycles. The molecule has 0 spiro atoms. The van der Waals surface area contributed by atoms with Crippen molar-refractivity contribution in [3.8, 4) is 0 Å². The minimum Gasteiger partial charge on any atom is -0.248 e. The third kappa shape index (κ3) is 3.52. The van der Waals surface area contributed by atoms with Gasteiger partial charge in [-0.05, 0) is 17.7 Å². The van der Waals surface area contributed by atoms with Crippen LogP contribution < -0.4 is 0 Å². The van der Waals surface area contributed by atoms with E-state index in [4.69, 9.17) is 4.99 Å². The standard InChI is InChI=1S/C20H16BrN/c21-15-16-11-13-19(14-12-16)22-20(17-7-3-1-4-8-17)18-9-5-2-6-10-18/h1-14H,15H2. The molecule has 0 atom stereocenters. The molecule has 0 unspecified atom stereocenters. The monoisotopic (exact) mass is 349 g/mol. The molecular formula is C20H16BrN. The molecule has 1 nitrogen and oxygen atoms in total.